The number of allylic oxidation sites excluding steroid dienone is 1. The van der Waals surface area contributed by atoms with Crippen LogP contribution in [0.4, 0.5) is 0 Å². The summed E-state index contributed by atoms with van der Waals surface area (Å²) >= 11 is 0. The quantitative estimate of drug-likeness (QED) is 0.851. The lowest BCUT2D eigenvalue weighted by atomic mass is 9.93. The van der Waals surface area contributed by atoms with Gasteiger partial charge in [0.1, 0.15) is 0 Å². The minimum atomic E-state index is 0.000303. The van der Waals surface area contributed by atoms with Crippen LogP contribution in [0.15, 0.2) is 36.5 Å². The average molecular weight is 388 g/mol. The summed E-state index contributed by atoms with van der Waals surface area (Å²) in [7, 11) is 2.08. The Hall–Kier alpha value is -2.99. The molecule has 6 heteroatoms. The molecule has 1 aromatic heterocycles. The third-order valence-electron chi connectivity index (χ3n) is 6.14. The van der Waals surface area contributed by atoms with Crippen molar-refractivity contribution in [3.05, 3.63) is 70.0 Å². The fraction of sp³-hybridized carbons (Fsp3) is 0.348. The third kappa shape index (κ3) is 3.23. The van der Waals surface area contributed by atoms with Gasteiger partial charge in [0.25, 0.3) is 11.8 Å². The molecule has 3 heterocycles. The number of hydrogen-bond donors (Lipinski definition) is 1. The van der Waals surface area contributed by atoms with E-state index in [1.807, 2.05) is 23.1 Å². The second-order valence-electron chi connectivity index (χ2n) is 8.01. The van der Waals surface area contributed by atoms with Gasteiger partial charge < -0.3 is 15.1 Å². The molecule has 0 saturated carbocycles. The van der Waals surface area contributed by atoms with Crippen molar-refractivity contribution in [3.63, 3.8) is 0 Å². The number of carbonyl (C=O) groups excluding carboxylic acids is 2. The summed E-state index contributed by atoms with van der Waals surface area (Å²) in [6.45, 7) is 3.98. The summed E-state index contributed by atoms with van der Waals surface area (Å²) in [5.74, 6) is 0.0575. The van der Waals surface area contributed by atoms with Crippen LogP contribution < -0.4 is 5.32 Å². The number of hydrogen-bond acceptors (Lipinski definition) is 4. The van der Waals surface area contributed by atoms with Crippen LogP contribution in [0.3, 0.4) is 0 Å². The Labute approximate surface area is 170 Å². The molecule has 29 heavy (non-hydrogen) atoms. The molecule has 148 valence electrons. The van der Waals surface area contributed by atoms with Crippen molar-refractivity contribution in [2.45, 2.75) is 12.8 Å². The highest BCUT2D eigenvalue weighted by Crippen LogP contribution is 2.33. The summed E-state index contributed by atoms with van der Waals surface area (Å²) in [5, 5.41) is 2.89. The number of fused-ring (bicyclic) bond motifs is 2. The molecule has 0 spiro atoms. The minimum Gasteiger partial charge on any atom is -0.352 e. The van der Waals surface area contributed by atoms with E-state index in [2.05, 4.69) is 34.4 Å². The number of pyridine rings is 1. The molecule has 0 atom stereocenters. The highest BCUT2D eigenvalue weighted by molar-refractivity contribution is 5.98. The second-order valence-corrected chi connectivity index (χ2v) is 8.01. The maximum Gasteiger partial charge on any atom is 0.255 e. The number of rotatable bonds is 2. The highest BCUT2D eigenvalue weighted by Gasteiger charge is 2.25. The van der Waals surface area contributed by atoms with Gasteiger partial charge in [0, 0.05) is 56.5 Å². The standard InChI is InChI=1S/C23H24N4O2/c1-26-8-10-27(11-9-26)23(29)17-13-20-18(4-5-21(20)25-14-17)15-2-3-19-16(12-15)6-7-24-22(19)28/h2-4,12-14H,5-11H2,1H3,(H,24,28). The number of amides is 2. The topological polar surface area (TPSA) is 65.5 Å². The van der Waals surface area contributed by atoms with E-state index in [9.17, 15) is 9.59 Å². The van der Waals surface area contributed by atoms with Crippen LogP contribution in [0, 0.1) is 0 Å². The summed E-state index contributed by atoms with van der Waals surface area (Å²) in [6, 6.07) is 8.02. The molecule has 1 saturated heterocycles. The number of aromatic nitrogens is 1. The van der Waals surface area contributed by atoms with Gasteiger partial charge in [0.05, 0.1) is 11.3 Å². The van der Waals surface area contributed by atoms with Crippen LogP contribution in [-0.4, -0.2) is 66.4 Å². The first-order chi connectivity index (χ1) is 14.1. The zero-order valence-corrected chi connectivity index (χ0v) is 16.6. The molecule has 2 aliphatic heterocycles. The van der Waals surface area contributed by atoms with E-state index in [0.29, 0.717) is 12.1 Å². The zero-order chi connectivity index (χ0) is 20.0. The van der Waals surface area contributed by atoms with Crippen LogP contribution >= 0.6 is 0 Å². The van der Waals surface area contributed by atoms with E-state index < -0.39 is 0 Å². The molecule has 3 aliphatic rings. The van der Waals surface area contributed by atoms with Crippen molar-refractivity contribution in [3.8, 4) is 0 Å². The predicted molar refractivity (Wildman–Crippen MR) is 111 cm³/mol. The van der Waals surface area contributed by atoms with Gasteiger partial charge in [-0.3, -0.25) is 14.6 Å². The second kappa shape index (κ2) is 7.12. The molecule has 1 fully saturated rings. The monoisotopic (exact) mass is 388 g/mol. The molecule has 0 unspecified atom stereocenters. The molecule has 2 amide bonds. The maximum atomic E-state index is 13.0. The number of nitrogens with zero attached hydrogens (tertiary/aromatic N) is 3. The summed E-state index contributed by atoms with van der Waals surface area (Å²) in [6.07, 6.45) is 5.50. The van der Waals surface area contributed by atoms with E-state index in [0.717, 1.165) is 72.5 Å². The number of piperazine rings is 1. The molecular weight excluding hydrogens is 364 g/mol. The van der Waals surface area contributed by atoms with E-state index in [1.165, 1.54) is 0 Å². The molecular formula is C23H24N4O2. The Morgan fingerprint density at radius 2 is 1.93 bits per heavy atom. The zero-order valence-electron chi connectivity index (χ0n) is 16.6. The van der Waals surface area contributed by atoms with Gasteiger partial charge >= 0.3 is 0 Å². The average Bonchev–Trinajstić information content (AvgIpc) is 3.17. The molecule has 0 bridgehead atoms. The number of benzene rings is 1. The summed E-state index contributed by atoms with van der Waals surface area (Å²) < 4.78 is 0. The first-order valence-corrected chi connectivity index (χ1v) is 10.2. The third-order valence-corrected chi connectivity index (χ3v) is 6.14. The highest BCUT2D eigenvalue weighted by atomic mass is 16.2. The lowest BCUT2D eigenvalue weighted by Gasteiger charge is -2.32. The lowest BCUT2D eigenvalue weighted by Crippen LogP contribution is -2.47. The van der Waals surface area contributed by atoms with E-state index in [4.69, 9.17) is 0 Å². The van der Waals surface area contributed by atoms with Gasteiger partial charge in [-0.15, -0.1) is 0 Å². The summed E-state index contributed by atoms with van der Waals surface area (Å²) in [5.41, 5.74) is 6.72. The first kappa shape index (κ1) is 18.1. The van der Waals surface area contributed by atoms with Crippen LogP contribution in [0.5, 0.6) is 0 Å². The fourth-order valence-corrected chi connectivity index (χ4v) is 4.38. The Bertz CT molecular complexity index is 1040. The van der Waals surface area contributed by atoms with Gasteiger partial charge in [-0.05, 0) is 42.3 Å². The van der Waals surface area contributed by atoms with Crippen molar-refractivity contribution >= 4 is 17.4 Å². The van der Waals surface area contributed by atoms with Gasteiger partial charge in [0.15, 0.2) is 0 Å². The lowest BCUT2D eigenvalue weighted by molar-refractivity contribution is 0.0663. The maximum absolute atomic E-state index is 13.0. The smallest absolute Gasteiger partial charge is 0.255 e. The molecule has 5 rings (SSSR count). The normalized spacial score (nSPS) is 18.7. The van der Waals surface area contributed by atoms with Crippen molar-refractivity contribution < 1.29 is 9.59 Å². The van der Waals surface area contributed by atoms with Crippen molar-refractivity contribution in [2.24, 2.45) is 0 Å². The van der Waals surface area contributed by atoms with Crippen LogP contribution in [0.2, 0.25) is 0 Å². The number of nitrogens with one attached hydrogen (secondary N) is 1. The molecule has 2 aromatic rings. The Morgan fingerprint density at radius 3 is 2.76 bits per heavy atom. The molecule has 1 aromatic carbocycles. The van der Waals surface area contributed by atoms with Crippen molar-refractivity contribution in [1.29, 1.82) is 0 Å². The van der Waals surface area contributed by atoms with E-state index in [-0.39, 0.29) is 11.8 Å². The van der Waals surface area contributed by atoms with Crippen molar-refractivity contribution in [1.82, 2.24) is 20.1 Å². The molecule has 0 radical (unpaired) electrons. The minimum absolute atomic E-state index is 0.000303. The van der Waals surface area contributed by atoms with Crippen LogP contribution in [-0.2, 0) is 12.8 Å². The largest absolute Gasteiger partial charge is 0.352 e. The van der Waals surface area contributed by atoms with Crippen LogP contribution in [0.25, 0.3) is 5.57 Å². The predicted octanol–water partition coefficient (Wildman–Crippen LogP) is 1.74. The van der Waals surface area contributed by atoms with E-state index in [1.54, 1.807) is 6.20 Å². The number of likely N-dealkylation sites (N-methyl/N-ethyl adjacent to an activating group) is 1. The Morgan fingerprint density at radius 1 is 1.10 bits per heavy atom. The summed E-state index contributed by atoms with van der Waals surface area (Å²) in [4.78, 5) is 33.8. The van der Waals surface area contributed by atoms with E-state index >= 15 is 0 Å². The molecule has 1 aliphatic carbocycles. The van der Waals surface area contributed by atoms with Crippen LogP contribution in [0.1, 0.15) is 43.1 Å². The fourth-order valence-electron chi connectivity index (χ4n) is 4.38. The van der Waals surface area contributed by atoms with Gasteiger partial charge in [0.2, 0.25) is 0 Å². The molecule has 1 N–H and O–H groups in total. The number of carbonyl (C=O) groups is 2. The Balaban J connectivity index is 1.44. The Kier molecular flexibility index (Phi) is 4.43. The SMILES string of the molecule is CN1CCN(C(=O)c2cnc3c(c2)C(c2ccc4c(c2)CCNC4=O)=CC3)CC1. The van der Waals surface area contributed by atoms with Gasteiger partial charge in [-0.25, -0.2) is 0 Å². The molecule has 6 nitrogen and oxygen atoms in total. The van der Waals surface area contributed by atoms with Gasteiger partial charge in [-0.2, -0.15) is 0 Å². The van der Waals surface area contributed by atoms with Crippen molar-refractivity contribution in [2.75, 3.05) is 39.8 Å². The van der Waals surface area contributed by atoms with Gasteiger partial charge in [-0.1, -0.05) is 18.2 Å². The first-order valence-electron chi connectivity index (χ1n) is 10.2.